The molecule has 2 atom stereocenters. The van der Waals surface area contributed by atoms with Crippen LogP contribution in [-0.2, 0) is 18.2 Å². The number of rotatable bonds is 2. The van der Waals surface area contributed by atoms with E-state index in [0.717, 1.165) is 61.0 Å². The molecule has 7 heteroatoms. The van der Waals surface area contributed by atoms with Crippen LogP contribution in [0.3, 0.4) is 0 Å². The molecule has 2 fully saturated rings. The normalized spacial score (nSPS) is 29.5. The number of carbonyl (C=O) groups is 3. The van der Waals surface area contributed by atoms with Gasteiger partial charge in [0.2, 0.25) is 11.8 Å². The minimum Gasteiger partial charge on any atom is -0.339 e. The standard InChI is InChI=1S/C31H26Br2N2O3/c32-30-21-9-3-4-10-22(21)31(33,24-12-6-5-11-23(24)30)26-25(30)28(37)35(29(26)38)20-15-13-19(14-16-20)27(36)34-17-7-1-2-8-18-34/h3-6,9-16,25-26H,1-2,7-8,17-18H2/t25-,26-,30?,31?/m1/s1. The molecular weight excluding hydrogens is 608 g/mol. The van der Waals surface area contributed by atoms with E-state index in [-0.39, 0.29) is 17.7 Å². The Labute approximate surface area is 238 Å². The first-order valence-corrected chi connectivity index (χ1v) is 14.8. The van der Waals surface area contributed by atoms with E-state index in [1.165, 1.54) is 4.90 Å². The van der Waals surface area contributed by atoms with Crippen molar-refractivity contribution in [2.45, 2.75) is 34.3 Å². The number of imide groups is 1. The van der Waals surface area contributed by atoms with E-state index < -0.39 is 20.5 Å². The van der Waals surface area contributed by atoms with Crippen LogP contribution >= 0.6 is 31.9 Å². The lowest BCUT2D eigenvalue weighted by Crippen LogP contribution is -2.56. The average Bonchev–Trinajstić information content (AvgIpc) is 3.09. The van der Waals surface area contributed by atoms with Gasteiger partial charge in [-0.25, -0.2) is 4.90 Å². The highest BCUT2D eigenvalue weighted by Crippen LogP contribution is 2.70. The van der Waals surface area contributed by atoms with Crippen LogP contribution < -0.4 is 4.90 Å². The monoisotopic (exact) mass is 632 g/mol. The first-order chi connectivity index (χ1) is 18.4. The van der Waals surface area contributed by atoms with Crippen LogP contribution in [0.5, 0.6) is 0 Å². The smallest absolute Gasteiger partial charge is 0.253 e. The lowest BCUT2D eigenvalue weighted by molar-refractivity contribution is -0.122. The Bertz CT molecular complexity index is 1370. The number of carbonyl (C=O) groups excluding carboxylic acids is 3. The molecule has 5 nitrogen and oxygen atoms in total. The zero-order valence-corrected chi connectivity index (χ0v) is 23.9. The third kappa shape index (κ3) is 3.06. The molecule has 2 saturated heterocycles. The Kier molecular flexibility index (Phi) is 5.51. The van der Waals surface area contributed by atoms with Gasteiger partial charge in [-0.2, -0.15) is 0 Å². The molecule has 2 bridgehead atoms. The molecule has 0 spiro atoms. The number of hydrogen-bond acceptors (Lipinski definition) is 3. The Morgan fingerprint density at radius 3 is 1.50 bits per heavy atom. The van der Waals surface area contributed by atoms with Crippen molar-refractivity contribution in [2.75, 3.05) is 18.0 Å². The van der Waals surface area contributed by atoms with Gasteiger partial charge < -0.3 is 4.90 Å². The number of anilines is 1. The molecule has 5 aliphatic rings. The van der Waals surface area contributed by atoms with Crippen molar-refractivity contribution in [1.29, 1.82) is 0 Å². The lowest BCUT2D eigenvalue weighted by Gasteiger charge is -2.55. The van der Waals surface area contributed by atoms with Crippen LogP contribution in [0, 0.1) is 11.8 Å². The van der Waals surface area contributed by atoms with Crippen molar-refractivity contribution in [3.05, 3.63) is 101 Å². The molecule has 38 heavy (non-hydrogen) atoms. The third-order valence-corrected chi connectivity index (χ3v) is 11.5. The molecule has 0 N–H and O–H groups in total. The molecule has 0 saturated carbocycles. The molecule has 3 amide bonds. The lowest BCUT2D eigenvalue weighted by atomic mass is 9.54. The predicted octanol–water partition coefficient (Wildman–Crippen LogP) is 6.11. The van der Waals surface area contributed by atoms with Gasteiger partial charge in [0, 0.05) is 18.7 Å². The Hall–Kier alpha value is -2.77. The van der Waals surface area contributed by atoms with Crippen molar-refractivity contribution in [3.63, 3.8) is 0 Å². The SMILES string of the molecule is O=C(c1ccc(N2C(=O)[C@H]3[C@H](C2=O)C2(Br)c4ccccc4C3(Br)c3ccccc32)cc1)N1CCCCCC1. The quantitative estimate of drug-likeness (QED) is 0.253. The van der Waals surface area contributed by atoms with E-state index in [1.807, 2.05) is 29.2 Å². The van der Waals surface area contributed by atoms with Gasteiger partial charge in [0.1, 0.15) is 0 Å². The van der Waals surface area contributed by atoms with E-state index in [9.17, 15) is 14.4 Å². The summed E-state index contributed by atoms with van der Waals surface area (Å²) in [6.45, 7) is 1.55. The highest BCUT2D eigenvalue weighted by molar-refractivity contribution is 9.10. The number of halogens is 2. The van der Waals surface area contributed by atoms with Crippen molar-refractivity contribution in [2.24, 2.45) is 11.8 Å². The number of amides is 3. The molecule has 3 aromatic rings. The van der Waals surface area contributed by atoms with E-state index >= 15 is 0 Å². The number of nitrogens with zero attached hydrogens (tertiary/aromatic N) is 2. The first-order valence-electron chi connectivity index (χ1n) is 13.2. The number of hydrogen-bond donors (Lipinski definition) is 0. The second-order valence-corrected chi connectivity index (χ2v) is 13.2. The van der Waals surface area contributed by atoms with E-state index in [2.05, 4.69) is 56.1 Å². The first kappa shape index (κ1) is 24.3. The van der Waals surface area contributed by atoms with Gasteiger partial charge in [-0.15, -0.1) is 0 Å². The minimum atomic E-state index is -0.815. The Morgan fingerprint density at radius 1 is 0.658 bits per heavy atom. The van der Waals surface area contributed by atoms with Crippen molar-refractivity contribution < 1.29 is 14.4 Å². The molecule has 2 heterocycles. The van der Waals surface area contributed by atoms with Crippen LogP contribution in [0.25, 0.3) is 0 Å². The van der Waals surface area contributed by atoms with Crippen LogP contribution in [0.2, 0.25) is 0 Å². The summed E-state index contributed by atoms with van der Waals surface area (Å²) in [6, 6.07) is 23.1. The van der Waals surface area contributed by atoms with Crippen molar-refractivity contribution >= 4 is 55.3 Å². The zero-order valence-electron chi connectivity index (χ0n) is 20.7. The summed E-state index contributed by atoms with van der Waals surface area (Å²) in [7, 11) is 0. The fourth-order valence-electron chi connectivity index (χ4n) is 7.13. The minimum absolute atomic E-state index is 0.00830. The average molecular weight is 634 g/mol. The summed E-state index contributed by atoms with van der Waals surface area (Å²) < 4.78 is -1.63. The molecule has 0 radical (unpaired) electrons. The highest BCUT2D eigenvalue weighted by Gasteiger charge is 2.72. The van der Waals surface area contributed by atoms with Crippen LogP contribution in [0.4, 0.5) is 5.69 Å². The van der Waals surface area contributed by atoms with Gasteiger partial charge in [-0.3, -0.25) is 14.4 Å². The molecule has 0 unspecified atom stereocenters. The summed E-state index contributed by atoms with van der Waals surface area (Å²) in [4.78, 5) is 44.7. The van der Waals surface area contributed by atoms with Gasteiger partial charge >= 0.3 is 0 Å². The number of benzene rings is 3. The summed E-state index contributed by atoms with van der Waals surface area (Å²) >= 11 is 8.08. The summed E-state index contributed by atoms with van der Waals surface area (Å²) in [5, 5.41) is 0. The second-order valence-electron chi connectivity index (χ2n) is 10.7. The van der Waals surface area contributed by atoms with Gasteiger partial charge in [0.25, 0.3) is 5.91 Å². The topological polar surface area (TPSA) is 57.7 Å². The second kappa shape index (κ2) is 8.62. The Morgan fingerprint density at radius 2 is 1.08 bits per heavy atom. The van der Waals surface area contributed by atoms with E-state index in [0.29, 0.717) is 11.3 Å². The van der Waals surface area contributed by atoms with Gasteiger partial charge in [0.15, 0.2) is 0 Å². The van der Waals surface area contributed by atoms with E-state index in [1.54, 1.807) is 24.3 Å². The van der Waals surface area contributed by atoms with Gasteiger partial charge in [0.05, 0.1) is 26.2 Å². The highest BCUT2D eigenvalue weighted by atomic mass is 79.9. The molecule has 2 aliphatic heterocycles. The third-order valence-electron chi connectivity index (χ3n) is 8.85. The molecule has 3 aliphatic carbocycles. The number of likely N-dealkylation sites (tertiary alicyclic amines) is 1. The number of alkyl halides is 2. The fourth-order valence-corrected chi connectivity index (χ4v) is 9.43. The van der Waals surface area contributed by atoms with E-state index in [4.69, 9.17) is 0 Å². The van der Waals surface area contributed by atoms with Crippen molar-refractivity contribution in [3.8, 4) is 0 Å². The Balaban J connectivity index is 1.29. The van der Waals surface area contributed by atoms with Crippen molar-refractivity contribution in [1.82, 2.24) is 4.90 Å². The molecular formula is C31H26Br2N2O3. The maximum Gasteiger partial charge on any atom is 0.253 e. The maximum absolute atomic E-state index is 14.2. The maximum atomic E-state index is 14.2. The van der Waals surface area contributed by atoms with Crippen LogP contribution in [0.1, 0.15) is 58.3 Å². The zero-order chi connectivity index (χ0) is 26.2. The van der Waals surface area contributed by atoms with Gasteiger partial charge in [-0.05, 0) is 59.4 Å². The molecule has 3 aromatic carbocycles. The molecule has 8 rings (SSSR count). The largest absolute Gasteiger partial charge is 0.339 e. The van der Waals surface area contributed by atoms with Gasteiger partial charge in [-0.1, -0.05) is 93.2 Å². The van der Waals surface area contributed by atoms with Crippen LogP contribution in [0.15, 0.2) is 72.8 Å². The molecule has 0 aromatic heterocycles. The summed E-state index contributed by atoms with van der Waals surface area (Å²) in [5.41, 5.74) is 5.13. The summed E-state index contributed by atoms with van der Waals surface area (Å²) in [6.07, 6.45) is 4.36. The summed E-state index contributed by atoms with van der Waals surface area (Å²) in [5.74, 6) is -1.67. The predicted molar refractivity (Wildman–Crippen MR) is 153 cm³/mol. The fraction of sp³-hybridized carbons (Fsp3) is 0.323. The molecule has 192 valence electrons. The van der Waals surface area contributed by atoms with Crippen LogP contribution in [-0.4, -0.2) is 35.7 Å².